The summed E-state index contributed by atoms with van der Waals surface area (Å²) >= 11 is 8.25. The summed E-state index contributed by atoms with van der Waals surface area (Å²) in [4.78, 5) is 31.1. The molecule has 2 saturated heterocycles. The maximum atomic E-state index is 13.5. The van der Waals surface area contributed by atoms with E-state index in [0.29, 0.717) is 24.3 Å². The number of aromatic nitrogens is 1. The third-order valence-electron chi connectivity index (χ3n) is 8.67. The minimum absolute atomic E-state index is 0.0538. The maximum absolute atomic E-state index is 13.5. The molecule has 3 N–H and O–H groups in total. The number of nitrogens with zero attached hydrogens (tertiary/aromatic N) is 1. The number of aliphatic hydroxyl groups excluding tert-OH is 2. The first-order valence-corrected chi connectivity index (χ1v) is 14.4. The highest BCUT2D eigenvalue weighted by molar-refractivity contribution is 7.09. The van der Waals surface area contributed by atoms with Crippen molar-refractivity contribution >= 4 is 40.7 Å². The second-order valence-corrected chi connectivity index (χ2v) is 12.8. The van der Waals surface area contributed by atoms with Gasteiger partial charge in [0.25, 0.3) is 0 Å². The summed E-state index contributed by atoms with van der Waals surface area (Å²) in [5.41, 5.74) is -0.542. The van der Waals surface area contributed by atoms with Crippen molar-refractivity contribution in [1.82, 2.24) is 10.3 Å². The van der Waals surface area contributed by atoms with Crippen LogP contribution >= 0.6 is 22.9 Å². The topological polar surface area (TPSA) is 112 Å². The molecule has 0 aromatic carbocycles. The Morgan fingerprint density at radius 2 is 1.97 bits per heavy atom. The Labute approximate surface area is 222 Å². The minimum atomic E-state index is -1.11. The van der Waals surface area contributed by atoms with Crippen LogP contribution in [0.1, 0.15) is 82.8 Å². The molecule has 1 amide bonds. The van der Waals surface area contributed by atoms with Gasteiger partial charge in [0.15, 0.2) is 0 Å². The van der Waals surface area contributed by atoms with E-state index in [1.54, 1.807) is 13.0 Å². The first-order valence-electron chi connectivity index (χ1n) is 13.1. The summed E-state index contributed by atoms with van der Waals surface area (Å²) in [6, 6.07) is -0.485. The second-order valence-electron chi connectivity index (χ2n) is 11.3. The predicted octanol–water partition coefficient (Wildman–Crippen LogP) is 4.37. The van der Waals surface area contributed by atoms with E-state index in [1.165, 1.54) is 11.3 Å². The first-order chi connectivity index (χ1) is 16.9. The van der Waals surface area contributed by atoms with E-state index < -0.39 is 29.6 Å². The Balaban J connectivity index is 1.58. The van der Waals surface area contributed by atoms with Gasteiger partial charge in [-0.1, -0.05) is 38.3 Å². The molecular weight excluding hydrogens is 500 g/mol. The van der Waals surface area contributed by atoms with Gasteiger partial charge in [-0.3, -0.25) is 9.59 Å². The Morgan fingerprint density at radius 3 is 2.58 bits per heavy atom. The number of ketones is 1. The van der Waals surface area contributed by atoms with E-state index in [1.807, 2.05) is 19.2 Å². The number of amides is 1. The van der Waals surface area contributed by atoms with Crippen LogP contribution in [0.25, 0.3) is 6.08 Å². The molecule has 1 aliphatic carbocycles. The van der Waals surface area contributed by atoms with E-state index >= 15 is 0 Å². The van der Waals surface area contributed by atoms with Crippen molar-refractivity contribution in [2.75, 3.05) is 0 Å². The number of carbonyl (C=O) groups excluding carboxylic acids is 2. The molecular formula is C27H39ClN2O5S. The lowest BCUT2D eigenvalue weighted by atomic mass is 9.58. The number of rotatable bonds is 2. The molecule has 36 heavy (non-hydrogen) atoms. The molecule has 0 radical (unpaired) electrons. The van der Waals surface area contributed by atoms with E-state index in [-0.39, 0.29) is 35.7 Å². The maximum Gasteiger partial charge on any atom is 0.223 e. The fourth-order valence-electron chi connectivity index (χ4n) is 5.92. The second kappa shape index (κ2) is 10.8. The van der Waals surface area contributed by atoms with Crippen LogP contribution in [0.4, 0.5) is 0 Å². The number of hydrogen-bond donors (Lipinski definition) is 3. The average molecular weight is 539 g/mol. The number of carbonyl (C=O) groups is 2. The highest BCUT2D eigenvalue weighted by Crippen LogP contribution is 2.49. The van der Waals surface area contributed by atoms with Gasteiger partial charge in [0, 0.05) is 22.8 Å². The fraction of sp³-hybridized carbons (Fsp3) is 0.741. The molecule has 2 unspecified atom stereocenters. The number of fused-ring (bicyclic) bond motifs is 1. The zero-order valence-electron chi connectivity index (χ0n) is 21.6. The van der Waals surface area contributed by atoms with Crippen LogP contribution in [0.2, 0.25) is 0 Å². The van der Waals surface area contributed by atoms with Gasteiger partial charge in [-0.05, 0) is 51.5 Å². The first kappa shape index (κ1) is 27.7. The zero-order valence-corrected chi connectivity index (χ0v) is 23.2. The lowest BCUT2D eigenvalue weighted by molar-refractivity contribution is -0.154. The normalized spacial score (nSPS) is 38.2. The Morgan fingerprint density at radius 1 is 1.25 bits per heavy atom. The Bertz CT molecular complexity index is 1010. The molecule has 2 aliphatic heterocycles. The van der Waals surface area contributed by atoms with Gasteiger partial charge in [-0.25, -0.2) is 4.98 Å². The number of ether oxygens (including phenoxy) is 1. The number of halogens is 1. The average Bonchev–Trinajstić information content (AvgIpc) is 3.22. The molecule has 200 valence electrons. The smallest absolute Gasteiger partial charge is 0.223 e. The Hall–Kier alpha value is -1.32. The molecule has 0 bridgehead atoms. The molecule has 1 saturated carbocycles. The van der Waals surface area contributed by atoms with Crippen LogP contribution in [-0.2, 0) is 14.3 Å². The van der Waals surface area contributed by atoms with E-state index in [4.69, 9.17) is 16.3 Å². The number of thiazole rings is 1. The Kier molecular flexibility index (Phi) is 8.32. The monoisotopic (exact) mass is 538 g/mol. The summed E-state index contributed by atoms with van der Waals surface area (Å²) in [6.07, 6.45) is 4.50. The molecule has 7 nitrogen and oxygen atoms in total. The number of hydrogen-bond acceptors (Lipinski definition) is 7. The number of Topliss-reactive ketones (excluding diaryl/α,β-unsaturated/α-hetero) is 1. The van der Waals surface area contributed by atoms with E-state index in [2.05, 4.69) is 17.2 Å². The van der Waals surface area contributed by atoms with Gasteiger partial charge in [-0.2, -0.15) is 0 Å². The largest absolute Gasteiger partial charge is 0.392 e. The van der Waals surface area contributed by atoms with E-state index in [9.17, 15) is 19.8 Å². The lowest BCUT2D eigenvalue weighted by Gasteiger charge is -2.46. The van der Waals surface area contributed by atoms with Crippen molar-refractivity contribution in [2.24, 2.45) is 17.3 Å². The third-order valence-corrected chi connectivity index (χ3v) is 9.83. The van der Waals surface area contributed by atoms with Crippen molar-refractivity contribution in [3.05, 3.63) is 21.1 Å². The zero-order chi connectivity index (χ0) is 26.3. The summed E-state index contributed by atoms with van der Waals surface area (Å²) in [5, 5.41) is 28.4. The van der Waals surface area contributed by atoms with Crippen molar-refractivity contribution in [3.8, 4) is 0 Å². The summed E-state index contributed by atoms with van der Waals surface area (Å²) < 4.78 is 6.06. The van der Waals surface area contributed by atoms with E-state index in [0.717, 1.165) is 36.4 Å². The van der Waals surface area contributed by atoms with Crippen molar-refractivity contribution in [3.63, 3.8) is 0 Å². The van der Waals surface area contributed by atoms with Gasteiger partial charge in [-0.15, -0.1) is 11.3 Å². The number of aliphatic hydroxyl groups is 2. The molecule has 3 fully saturated rings. The summed E-state index contributed by atoms with van der Waals surface area (Å²) in [7, 11) is 0. The standard InChI is InChI=1S/C27H39ClN2O5S/c1-15-7-5-8-26(4)22(35-26)12-20(19(28)11-18-14-36-17(3)29-18)30-23(32)13-21(31)27(9-6-10-27)25(34)16(2)24(15)33/h11,14-16,20-22,24,31,33H,5-10,12-13H2,1-4H3,(H,30,32)/t15-,16+,20-,21-,22?,24-,26?/m0/s1. The van der Waals surface area contributed by atoms with Crippen LogP contribution in [0.5, 0.6) is 0 Å². The van der Waals surface area contributed by atoms with Crippen LogP contribution in [0.15, 0.2) is 10.4 Å². The molecule has 1 aromatic rings. The molecule has 1 aromatic heterocycles. The minimum Gasteiger partial charge on any atom is -0.392 e. The fourth-order valence-corrected chi connectivity index (χ4v) is 6.75. The lowest BCUT2D eigenvalue weighted by Crippen LogP contribution is -2.53. The van der Waals surface area contributed by atoms with Gasteiger partial charge in [0.1, 0.15) is 5.78 Å². The SMILES string of the molecule is Cc1nc(C=C(Cl)[C@@H]2CC3OC3(C)CCC[C@H](C)[C@H](O)[C@@H](C)C(=O)C3(CCC3)[C@@H](O)CC(=O)N2)cs1. The molecule has 1 spiro atoms. The third kappa shape index (κ3) is 5.73. The molecule has 4 rings (SSSR count). The van der Waals surface area contributed by atoms with Crippen molar-refractivity contribution in [1.29, 1.82) is 0 Å². The number of epoxide rings is 1. The molecule has 9 heteroatoms. The van der Waals surface area contributed by atoms with Crippen molar-refractivity contribution < 1.29 is 24.5 Å². The van der Waals surface area contributed by atoms with Gasteiger partial charge in [0.05, 0.1) is 52.5 Å². The quantitative estimate of drug-likeness (QED) is 0.482. The highest BCUT2D eigenvalue weighted by atomic mass is 35.5. The van der Waals surface area contributed by atoms with Crippen LogP contribution in [0.3, 0.4) is 0 Å². The summed E-state index contributed by atoms with van der Waals surface area (Å²) in [6.45, 7) is 7.72. The van der Waals surface area contributed by atoms with Gasteiger partial charge in [0.2, 0.25) is 5.91 Å². The molecule has 7 atom stereocenters. The molecule has 3 aliphatic rings. The number of aryl methyl sites for hydroxylation is 1. The van der Waals surface area contributed by atoms with Crippen LogP contribution in [0, 0.1) is 24.2 Å². The van der Waals surface area contributed by atoms with Crippen LogP contribution in [-0.4, -0.2) is 56.8 Å². The number of nitrogens with one attached hydrogen (secondary N) is 1. The molecule has 3 heterocycles. The highest BCUT2D eigenvalue weighted by Gasteiger charge is 2.54. The van der Waals surface area contributed by atoms with Crippen LogP contribution < -0.4 is 5.32 Å². The predicted molar refractivity (Wildman–Crippen MR) is 141 cm³/mol. The van der Waals surface area contributed by atoms with Gasteiger partial charge < -0.3 is 20.3 Å². The summed E-state index contributed by atoms with van der Waals surface area (Å²) in [5.74, 6) is -1.14. The van der Waals surface area contributed by atoms with Gasteiger partial charge >= 0.3 is 0 Å². The van der Waals surface area contributed by atoms with Crippen molar-refractivity contribution in [2.45, 2.75) is 109 Å².